The fourth-order valence-corrected chi connectivity index (χ4v) is 2.46. The van der Waals surface area contributed by atoms with Gasteiger partial charge >= 0.3 is 5.97 Å². The summed E-state index contributed by atoms with van der Waals surface area (Å²) in [6.07, 6.45) is 2.93. The smallest absolute Gasteiger partial charge is 0.326 e. The first-order valence-corrected chi connectivity index (χ1v) is 7.85. The number of hydrogen-bond acceptors (Lipinski definition) is 3. The zero-order valence-corrected chi connectivity index (χ0v) is 13.5. The molecule has 0 radical (unpaired) electrons. The van der Waals surface area contributed by atoms with Crippen LogP contribution in [0.2, 0.25) is 0 Å². The molecule has 7 nitrogen and oxygen atoms in total. The quantitative estimate of drug-likeness (QED) is 0.582. The van der Waals surface area contributed by atoms with Crippen molar-refractivity contribution in [2.24, 2.45) is 0 Å². The number of rotatable bonds is 8. The molecule has 0 aliphatic heterocycles. The van der Waals surface area contributed by atoms with Crippen LogP contribution in [0, 0.1) is 0 Å². The molecule has 1 aromatic heterocycles. The number of H-pyrrole nitrogens is 1. The molecule has 0 saturated heterocycles. The van der Waals surface area contributed by atoms with Gasteiger partial charge in [-0.1, -0.05) is 25.1 Å². The molecule has 0 unspecified atom stereocenters. The number of amides is 2. The molecule has 0 fully saturated rings. The van der Waals surface area contributed by atoms with Gasteiger partial charge in [0.25, 0.3) is 0 Å². The second-order valence-electron chi connectivity index (χ2n) is 5.55. The van der Waals surface area contributed by atoms with Crippen LogP contribution < -0.4 is 10.6 Å². The SMILES string of the molecule is CCCC(=O)NCC(=O)N[C@@H](Cc1c[nH]c2ccccc12)C(=O)O. The van der Waals surface area contributed by atoms with Crippen LogP contribution in [-0.4, -0.2) is 40.5 Å². The second kappa shape index (κ2) is 8.14. The number of aromatic nitrogens is 1. The summed E-state index contributed by atoms with van der Waals surface area (Å²) >= 11 is 0. The van der Waals surface area contributed by atoms with Gasteiger partial charge in [-0.15, -0.1) is 0 Å². The van der Waals surface area contributed by atoms with Crippen molar-refractivity contribution in [1.29, 1.82) is 0 Å². The standard InChI is InChI=1S/C17H21N3O4/c1-2-5-15(21)19-10-16(22)20-14(17(23)24)8-11-9-18-13-7-4-3-6-12(11)13/h3-4,6-7,9,14,18H,2,5,8,10H2,1H3,(H,19,21)(H,20,22)(H,23,24)/t14-/m0/s1. The zero-order chi connectivity index (χ0) is 17.5. The van der Waals surface area contributed by atoms with Crippen LogP contribution in [0.15, 0.2) is 30.5 Å². The summed E-state index contributed by atoms with van der Waals surface area (Å²) in [6, 6.07) is 6.50. The highest BCUT2D eigenvalue weighted by atomic mass is 16.4. The Balaban J connectivity index is 1.98. The summed E-state index contributed by atoms with van der Waals surface area (Å²) in [5, 5.41) is 15.2. The minimum atomic E-state index is -1.12. The number of carbonyl (C=O) groups excluding carboxylic acids is 2. The average Bonchev–Trinajstić information content (AvgIpc) is 2.96. The van der Waals surface area contributed by atoms with Gasteiger partial charge in [-0.25, -0.2) is 4.79 Å². The Hall–Kier alpha value is -2.83. The van der Waals surface area contributed by atoms with Gasteiger partial charge < -0.3 is 20.7 Å². The van der Waals surface area contributed by atoms with E-state index in [1.165, 1.54) is 0 Å². The Morgan fingerprint density at radius 2 is 1.96 bits per heavy atom. The van der Waals surface area contributed by atoms with E-state index in [2.05, 4.69) is 15.6 Å². The van der Waals surface area contributed by atoms with Crippen LogP contribution in [-0.2, 0) is 20.8 Å². The number of hydrogen-bond donors (Lipinski definition) is 4. The van der Waals surface area contributed by atoms with Gasteiger partial charge in [-0.3, -0.25) is 9.59 Å². The van der Waals surface area contributed by atoms with Gasteiger partial charge in [0.05, 0.1) is 6.54 Å². The summed E-state index contributed by atoms with van der Waals surface area (Å²) in [4.78, 5) is 37.7. The summed E-state index contributed by atoms with van der Waals surface area (Å²) in [7, 11) is 0. The number of aromatic amines is 1. The topological polar surface area (TPSA) is 111 Å². The van der Waals surface area contributed by atoms with Crippen LogP contribution in [0.5, 0.6) is 0 Å². The maximum absolute atomic E-state index is 11.9. The predicted octanol–water partition coefficient (Wildman–Crippen LogP) is 1.20. The molecular weight excluding hydrogens is 310 g/mol. The van der Waals surface area contributed by atoms with Crippen molar-refractivity contribution in [3.8, 4) is 0 Å². The Morgan fingerprint density at radius 1 is 1.21 bits per heavy atom. The van der Waals surface area contributed by atoms with Crippen molar-refractivity contribution >= 4 is 28.7 Å². The number of carboxylic acids is 1. The van der Waals surface area contributed by atoms with E-state index >= 15 is 0 Å². The lowest BCUT2D eigenvalue weighted by Crippen LogP contribution is -2.46. The summed E-state index contributed by atoms with van der Waals surface area (Å²) < 4.78 is 0. The van der Waals surface area contributed by atoms with Crippen LogP contribution in [0.4, 0.5) is 0 Å². The van der Waals surface area contributed by atoms with E-state index in [4.69, 9.17) is 0 Å². The highest BCUT2D eigenvalue weighted by Crippen LogP contribution is 2.19. The molecule has 1 atom stereocenters. The molecule has 2 rings (SSSR count). The second-order valence-corrected chi connectivity index (χ2v) is 5.55. The first-order valence-electron chi connectivity index (χ1n) is 7.85. The van der Waals surface area contributed by atoms with Gasteiger partial charge in [-0.2, -0.15) is 0 Å². The Labute approximate surface area is 139 Å². The number of nitrogens with one attached hydrogen (secondary N) is 3. The summed E-state index contributed by atoms with van der Waals surface area (Å²) in [5.74, 6) is -1.86. The van der Waals surface area contributed by atoms with E-state index in [-0.39, 0.29) is 18.9 Å². The third kappa shape index (κ3) is 4.58. The minimum Gasteiger partial charge on any atom is -0.480 e. The molecule has 24 heavy (non-hydrogen) atoms. The van der Waals surface area contributed by atoms with Gasteiger partial charge in [0, 0.05) is 29.9 Å². The molecule has 2 amide bonds. The number of fused-ring (bicyclic) bond motifs is 1. The summed E-state index contributed by atoms with van der Waals surface area (Å²) in [6.45, 7) is 1.64. The van der Waals surface area contributed by atoms with Crippen molar-refractivity contribution in [3.05, 3.63) is 36.0 Å². The number of aliphatic carboxylic acids is 1. The van der Waals surface area contributed by atoms with Crippen LogP contribution in [0.1, 0.15) is 25.3 Å². The molecule has 0 aliphatic carbocycles. The van der Waals surface area contributed by atoms with E-state index in [1.807, 2.05) is 31.2 Å². The van der Waals surface area contributed by atoms with E-state index < -0.39 is 17.9 Å². The third-order valence-corrected chi connectivity index (χ3v) is 3.66. The maximum atomic E-state index is 11.9. The zero-order valence-electron chi connectivity index (χ0n) is 13.5. The predicted molar refractivity (Wildman–Crippen MR) is 89.5 cm³/mol. The molecule has 0 saturated carbocycles. The lowest BCUT2D eigenvalue weighted by atomic mass is 10.0. The molecule has 0 bridgehead atoms. The largest absolute Gasteiger partial charge is 0.480 e. The van der Waals surface area contributed by atoms with Crippen LogP contribution >= 0.6 is 0 Å². The highest BCUT2D eigenvalue weighted by molar-refractivity contribution is 5.89. The first kappa shape index (κ1) is 17.5. The monoisotopic (exact) mass is 331 g/mol. The number of benzene rings is 1. The Bertz CT molecular complexity index is 738. The van der Waals surface area contributed by atoms with Crippen molar-refractivity contribution in [2.75, 3.05) is 6.54 Å². The van der Waals surface area contributed by atoms with Crippen LogP contribution in [0.3, 0.4) is 0 Å². The van der Waals surface area contributed by atoms with Crippen LogP contribution in [0.25, 0.3) is 10.9 Å². The summed E-state index contributed by atoms with van der Waals surface area (Å²) in [5.41, 5.74) is 1.73. The number of carboxylic acid groups (broad SMARTS) is 1. The molecule has 7 heteroatoms. The molecule has 1 aromatic carbocycles. The fraction of sp³-hybridized carbons (Fsp3) is 0.353. The Morgan fingerprint density at radius 3 is 2.67 bits per heavy atom. The van der Waals surface area contributed by atoms with E-state index in [0.29, 0.717) is 12.8 Å². The molecule has 4 N–H and O–H groups in total. The molecule has 1 heterocycles. The number of para-hydroxylation sites is 1. The first-order chi connectivity index (χ1) is 11.5. The van der Waals surface area contributed by atoms with E-state index in [0.717, 1.165) is 16.5 Å². The van der Waals surface area contributed by atoms with Gasteiger partial charge in [0.1, 0.15) is 6.04 Å². The van der Waals surface area contributed by atoms with Crippen molar-refractivity contribution in [1.82, 2.24) is 15.6 Å². The maximum Gasteiger partial charge on any atom is 0.326 e. The minimum absolute atomic E-state index is 0.161. The van der Waals surface area contributed by atoms with Gasteiger partial charge in [-0.05, 0) is 18.1 Å². The average molecular weight is 331 g/mol. The van der Waals surface area contributed by atoms with E-state index in [1.54, 1.807) is 6.20 Å². The molecular formula is C17H21N3O4. The van der Waals surface area contributed by atoms with Crippen molar-refractivity contribution < 1.29 is 19.5 Å². The molecule has 2 aromatic rings. The lowest BCUT2D eigenvalue weighted by molar-refractivity contribution is -0.141. The van der Waals surface area contributed by atoms with Gasteiger partial charge in [0.2, 0.25) is 11.8 Å². The van der Waals surface area contributed by atoms with Crippen molar-refractivity contribution in [2.45, 2.75) is 32.2 Å². The third-order valence-electron chi connectivity index (χ3n) is 3.66. The fourth-order valence-electron chi connectivity index (χ4n) is 2.46. The molecule has 0 spiro atoms. The molecule has 128 valence electrons. The normalized spacial score (nSPS) is 11.9. The molecule has 0 aliphatic rings. The number of carbonyl (C=O) groups is 3. The highest BCUT2D eigenvalue weighted by Gasteiger charge is 2.21. The Kier molecular flexibility index (Phi) is 5.95. The van der Waals surface area contributed by atoms with Gasteiger partial charge in [0.15, 0.2) is 0 Å². The lowest BCUT2D eigenvalue weighted by Gasteiger charge is -2.14. The van der Waals surface area contributed by atoms with Crippen molar-refractivity contribution in [3.63, 3.8) is 0 Å². The van der Waals surface area contributed by atoms with E-state index in [9.17, 15) is 19.5 Å².